The van der Waals surface area contributed by atoms with Gasteiger partial charge in [0.05, 0.1) is 14.2 Å². The summed E-state index contributed by atoms with van der Waals surface area (Å²) < 4.78 is 11.0. The molecule has 0 heterocycles. The van der Waals surface area contributed by atoms with Gasteiger partial charge in [0.2, 0.25) is 0 Å². The number of ether oxygens (including phenoxy) is 2. The van der Waals surface area contributed by atoms with Crippen molar-refractivity contribution in [2.45, 2.75) is 25.3 Å². The average molecular weight is 311 g/mol. The molecule has 0 aliphatic heterocycles. The molecule has 0 spiro atoms. The molecule has 0 saturated heterocycles. The molecular formula is C20H25NO2. The van der Waals surface area contributed by atoms with Gasteiger partial charge < -0.3 is 14.4 Å². The van der Waals surface area contributed by atoms with E-state index < -0.39 is 0 Å². The molecule has 3 nitrogen and oxygen atoms in total. The number of benzene rings is 2. The van der Waals surface area contributed by atoms with Crippen LogP contribution in [0.5, 0.6) is 11.5 Å². The van der Waals surface area contributed by atoms with Crippen LogP contribution in [0.2, 0.25) is 0 Å². The maximum Gasteiger partial charge on any atom is 0.164 e. The molecular weight excluding hydrogens is 286 g/mol. The SMILES string of the molecule is COc1ccc2c(c1OC)CCC2CN(C)Cc1ccccc1. The number of rotatable bonds is 6. The van der Waals surface area contributed by atoms with E-state index in [1.807, 2.05) is 6.07 Å². The third kappa shape index (κ3) is 3.35. The molecule has 1 atom stereocenters. The van der Waals surface area contributed by atoms with E-state index in [2.05, 4.69) is 48.3 Å². The van der Waals surface area contributed by atoms with Crippen molar-refractivity contribution in [2.24, 2.45) is 0 Å². The Morgan fingerprint density at radius 3 is 2.52 bits per heavy atom. The smallest absolute Gasteiger partial charge is 0.164 e. The second kappa shape index (κ2) is 7.05. The van der Waals surface area contributed by atoms with E-state index in [0.717, 1.165) is 31.0 Å². The fourth-order valence-electron chi connectivity index (χ4n) is 3.65. The summed E-state index contributed by atoms with van der Waals surface area (Å²) in [5.41, 5.74) is 4.10. The summed E-state index contributed by atoms with van der Waals surface area (Å²) >= 11 is 0. The number of methoxy groups -OCH3 is 2. The Balaban J connectivity index is 1.73. The van der Waals surface area contributed by atoms with Crippen LogP contribution in [-0.2, 0) is 13.0 Å². The highest BCUT2D eigenvalue weighted by atomic mass is 16.5. The van der Waals surface area contributed by atoms with Crippen LogP contribution in [0.25, 0.3) is 0 Å². The van der Waals surface area contributed by atoms with Crippen LogP contribution in [-0.4, -0.2) is 32.7 Å². The lowest BCUT2D eigenvalue weighted by atomic mass is 10.00. The van der Waals surface area contributed by atoms with Crippen molar-refractivity contribution in [1.29, 1.82) is 0 Å². The molecule has 1 unspecified atom stereocenters. The van der Waals surface area contributed by atoms with Gasteiger partial charge in [0.1, 0.15) is 0 Å². The molecule has 0 amide bonds. The summed E-state index contributed by atoms with van der Waals surface area (Å²) in [6.45, 7) is 2.05. The average Bonchev–Trinajstić information content (AvgIpc) is 2.97. The highest BCUT2D eigenvalue weighted by Crippen LogP contribution is 2.43. The lowest BCUT2D eigenvalue weighted by molar-refractivity contribution is 0.302. The summed E-state index contributed by atoms with van der Waals surface area (Å²) in [4.78, 5) is 2.41. The largest absolute Gasteiger partial charge is 0.493 e. The van der Waals surface area contributed by atoms with Gasteiger partial charge in [-0.1, -0.05) is 36.4 Å². The van der Waals surface area contributed by atoms with Crippen LogP contribution < -0.4 is 9.47 Å². The lowest BCUT2D eigenvalue weighted by Crippen LogP contribution is -2.23. The van der Waals surface area contributed by atoms with Crippen molar-refractivity contribution in [2.75, 3.05) is 27.8 Å². The third-order valence-electron chi connectivity index (χ3n) is 4.69. The molecule has 0 saturated carbocycles. The Kier molecular flexibility index (Phi) is 4.87. The number of hydrogen-bond donors (Lipinski definition) is 0. The van der Waals surface area contributed by atoms with Gasteiger partial charge in [-0.25, -0.2) is 0 Å². The zero-order chi connectivity index (χ0) is 16.2. The molecule has 0 radical (unpaired) electrons. The van der Waals surface area contributed by atoms with Crippen molar-refractivity contribution in [3.8, 4) is 11.5 Å². The minimum Gasteiger partial charge on any atom is -0.493 e. The van der Waals surface area contributed by atoms with Crippen LogP contribution >= 0.6 is 0 Å². The van der Waals surface area contributed by atoms with Crippen molar-refractivity contribution in [1.82, 2.24) is 4.90 Å². The fourth-order valence-corrected chi connectivity index (χ4v) is 3.65. The third-order valence-corrected chi connectivity index (χ3v) is 4.69. The zero-order valence-corrected chi connectivity index (χ0v) is 14.2. The first kappa shape index (κ1) is 15.9. The Morgan fingerprint density at radius 2 is 1.83 bits per heavy atom. The Morgan fingerprint density at radius 1 is 1.04 bits per heavy atom. The van der Waals surface area contributed by atoms with Crippen LogP contribution in [0.1, 0.15) is 29.0 Å². The molecule has 122 valence electrons. The number of nitrogens with zero attached hydrogens (tertiary/aromatic N) is 1. The second-order valence-electron chi connectivity index (χ2n) is 6.29. The van der Waals surface area contributed by atoms with Gasteiger partial charge in [-0.2, -0.15) is 0 Å². The van der Waals surface area contributed by atoms with E-state index in [0.29, 0.717) is 5.92 Å². The summed E-state index contributed by atoms with van der Waals surface area (Å²) in [6, 6.07) is 14.9. The molecule has 0 bridgehead atoms. The van der Waals surface area contributed by atoms with Gasteiger partial charge in [0.15, 0.2) is 11.5 Å². The maximum absolute atomic E-state index is 5.59. The summed E-state index contributed by atoms with van der Waals surface area (Å²) in [5, 5.41) is 0. The van der Waals surface area contributed by atoms with E-state index in [4.69, 9.17) is 9.47 Å². The van der Waals surface area contributed by atoms with E-state index in [1.165, 1.54) is 23.1 Å². The minimum absolute atomic E-state index is 0.568. The molecule has 1 aliphatic rings. The van der Waals surface area contributed by atoms with Crippen LogP contribution in [0.3, 0.4) is 0 Å². The Hall–Kier alpha value is -2.00. The second-order valence-corrected chi connectivity index (χ2v) is 6.29. The molecule has 2 aromatic rings. The highest BCUT2D eigenvalue weighted by Gasteiger charge is 2.28. The molecule has 0 aromatic heterocycles. The van der Waals surface area contributed by atoms with E-state index in [-0.39, 0.29) is 0 Å². The first-order valence-electron chi connectivity index (χ1n) is 8.19. The zero-order valence-electron chi connectivity index (χ0n) is 14.2. The van der Waals surface area contributed by atoms with Gasteiger partial charge in [0.25, 0.3) is 0 Å². The molecule has 0 N–H and O–H groups in total. The summed E-state index contributed by atoms with van der Waals surface area (Å²) in [7, 11) is 5.63. The highest BCUT2D eigenvalue weighted by molar-refractivity contribution is 5.54. The van der Waals surface area contributed by atoms with Gasteiger partial charge in [-0.3, -0.25) is 0 Å². The van der Waals surface area contributed by atoms with E-state index in [1.54, 1.807) is 14.2 Å². The van der Waals surface area contributed by atoms with Crippen molar-refractivity contribution in [3.05, 3.63) is 59.2 Å². The van der Waals surface area contributed by atoms with Crippen molar-refractivity contribution < 1.29 is 9.47 Å². The first-order valence-corrected chi connectivity index (χ1v) is 8.19. The first-order chi connectivity index (χ1) is 11.2. The molecule has 0 fully saturated rings. The van der Waals surface area contributed by atoms with Gasteiger partial charge in [-0.05, 0) is 43.0 Å². The fraction of sp³-hybridized carbons (Fsp3) is 0.400. The van der Waals surface area contributed by atoms with E-state index >= 15 is 0 Å². The van der Waals surface area contributed by atoms with E-state index in [9.17, 15) is 0 Å². The maximum atomic E-state index is 5.59. The van der Waals surface area contributed by atoms with Gasteiger partial charge >= 0.3 is 0 Å². The van der Waals surface area contributed by atoms with Crippen LogP contribution in [0.15, 0.2) is 42.5 Å². The topological polar surface area (TPSA) is 21.7 Å². The van der Waals surface area contributed by atoms with Crippen molar-refractivity contribution in [3.63, 3.8) is 0 Å². The van der Waals surface area contributed by atoms with Crippen LogP contribution in [0.4, 0.5) is 0 Å². The molecule has 3 rings (SSSR count). The van der Waals surface area contributed by atoms with Crippen LogP contribution in [0, 0.1) is 0 Å². The normalized spacial score (nSPS) is 16.4. The summed E-state index contributed by atoms with van der Waals surface area (Å²) in [6.07, 6.45) is 2.25. The predicted octanol–water partition coefficient (Wildman–Crippen LogP) is 3.87. The van der Waals surface area contributed by atoms with Gasteiger partial charge in [-0.15, -0.1) is 0 Å². The molecule has 1 aliphatic carbocycles. The predicted molar refractivity (Wildman–Crippen MR) is 93.4 cm³/mol. The molecule has 23 heavy (non-hydrogen) atoms. The Bertz CT molecular complexity index is 654. The molecule has 3 heteroatoms. The minimum atomic E-state index is 0.568. The number of fused-ring (bicyclic) bond motifs is 1. The standard InChI is InChI=1S/C20H25NO2/c1-21(13-15-7-5-4-6-8-15)14-16-9-10-18-17(16)11-12-19(22-2)20(18)23-3/h4-8,11-12,16H,9-10,13-14H2,1-3H3. The molecule has 2 aromatic carbocycles. The number of hydrogen-bond acceptors (Lipinski definition) is 3. The quantitative estimate of drug-likeness (QED) is 0.808. The lowest BCUT2D eigenvalue weighted by Gasteiger charge is -2.22. The van der Waals surface area contributed by atoms with Gasteiger partial charge in [0, 0.05) is 18.7 Å². The van der Waals surface area contributed by atoms with Crippen molar-refractivity contribution >= 4 is 0 Å². The Labute approximate surface area is 138 Å². The summed E-state index contributed by atoms with van der Waals surface area (Å²) in [5.74, 6) is 2.32. The number of likely N-dealkylation sites (N-methyl/N-ethyl adjacent to an activating group) is 1. The monoisotopic (exact) mass is 311 g/mol.